The molecule has 0 fully saturated rings. The van der Waals surface area contributed by atoms with Gasteiger partial charge in [-0.1, -0.05) is 13.0 Å². The maximum absolute atomic E-state index is 14.1. The Balaban J connectivity index is 1.87. The van der Waals surface area contributed by atoms with Gasteiger partial charge < -0.3 is 10.3 Å². The lowest BCUT2D eigenvalue weighted by atomic mass is 9.74. The number of pyridine rings is 1. The third kappa shape index (κ3) is 3.47. The molecule has 0 radical (unpaired) electrons. The van der Waals surface area contributed by atoms with Gasteiger partial charge in [-0.3, -0.25) is 4.79 Å². The van der Waals surface area contributed by atoms with Gasteiger partial charge in [0.1, 0.15) is 11.6 Å². The fraction of sp³-hybridized carbons (Fsp3) is 0.286. The molecule has 1 aliphatic carbocycles. The number of alkyl halides is 3. The molecule has 29 heavy (non-hydrogen) atoms. The summed E-state index contributed by atoms with van der Waals surface area (Å²) in [5.74, 6) is -3.47. The standard InChI is InChI=1S/C21H17F5N2O/c1-10-8-15(21(24,25)26)19(14-9-11(22)2-3-12(10)14)27-17-6-5-16(23)20-13(17)4-7-18(29)28-20/h2-7,9-10,15,19,27H,8H2,1H3,(H,28,29)/t10-,15?,19?/m1/s1. The lowest BCUT2D eigenvalue weighted by Crippen LogP contribution is -2.37. The van der Waals surface area contributed by atoms with Gasteiger partial charge in [-0.05, 0) is 53.8 Å². The van der Waals surface area contributed by atoms with Crippen LogP contribution in [0.25, 0.3) is 10.9 Å². The topological polar surface area (TPSA) is 44.9 Å². The van der Waals surface area contributed by atoms with Gasteiger partial charge in [-0.2, -0.15) is 13.2 Å². The number of nitrogens with one attached hydrogen (secondary N) is 2. The molecular formula is C21H17F5N2O. The van der Waals surface area contributed by atoms with E-state index >= 15 is 0 Å². The highest BCUT2D eigenvalue weighted by Gasteiger charge is 2.49. The van der Waals surface area contributed by atoms with Crippen molar-refractivity contribution < 1.29 is 22.0 Å². The van der Waals surface area contributed by atoms with E-state index in [1.54, 1.807) is 6.92 Å². The van der Waals surface area contributed by atoms with Gasteiger partial charge in [0.05, 0.1) is 17.5 Å². The van der Waals surface area contributed by atoms with Crippen LogP contribution in [0, 0.1) is 17.6 Å². The maximum atomic E-state index is 14.1. The van der Waals surface area contributed by atoms with Gasteiger partial charge in [0.2, 0.25) is 5.56 Å². The zero-order valence-electron chi connectivity index (χ0n) is 15.3. The molecule has 1 heterocycles. The maximum Gasteiger partial charge on any atom is 0.394 e. The van der Waals surface area contributed by atoms with E-state index < -0.39 is 41.2 Å². The minimum Gasteiger partial charge on any atom is -0.377 e. The molecule has 0 bridgehead atoms. The van der Waals surface area contributed by atoms with Crippen molar-refractivity contribution in [2.45, 2.75) is 31.5 Å². The molecule has 3 nitrogen and oxygen atoms in total. The number of H-pyrrole nitrogens is 1. The normalized spacial score (nSPS) is 21.8. The number of hydrogen-bond donors (Lipinski definition) is 2. The summed E-state index contributed by atoms with van der Waals surface area (Å²) in [4.78, 5) is 13.9. The summed E-state index contributed by atoms with van der Waals surface area (Å²) in [6.45, 7) is 1.68. The first kappa shape index (κ1) is 19.4. The summed E-state index contributed by atoms with van der Waals surface area (Å²) in [6.07, 6.45) is -4.67. The first-order valence-corrected chi connectivity index (χ1v) is 9.09. The Morgan fingerprint density at radius 2 is 1.79 bits per heavy atom. The highest BCUT2D eigenvalue weighted by atomic mass is 19.4. The molecule has 3 aromatic rings. The summed E-state index contributed by atoms with van der Waals surface area (Å²) in [7, 11) is 0. The van der Waals surface area contributed by atoms with E-state index in [9.17, 15) is 26.7 Å². The molecule has 0 aliphatic heterocycles. The van der Waals surface area contributed by atoms with Crippen molar-refractivity contribution >= 4 is 16.6 Å². The summed E-state index contributed by atoms with van der Waals surface area (Å²) in [5.41, 5.74) is 0.467. The SMILES string of the molecule is C[C@@H]1CC(C(F)(F)F)C(Nc2ccc(F)c3[nH]c(=O)ccc23)c2cc(F)ccc21. The summed E-state index contributed by atoms with van der Waals surface area (Å²) < 4.78 is 69.6. The van der Waals surface area contributed by atoms with Crippen molar-refractivity contribution in [1.82, 2.24) is 4.98 Å². The van der Waals surface area contributed by atoms with Crippen LogP contribution in [-0.2, 0) is 0 Å². The number of aromatic amines is 1. The highest BCUT2D eigenvalue weighted by molar-refractivity contribution is 5.91. The van der Waals surface area contributed by atoms with Crippen molar-refractivity contribution in [3.05, 3.63) is 75.6 Å². The molecule has 1 aromatic heterocycles. The molecule has 8 heteroatoms. The van der Waals surface area contributed by atoms with Crippen LogP contribution in [0.3, 0.4) is 0 Å². The number of aromatic nitrogens is 1. The second-order valence-electron chi connectivity index (χ2n) is 7.39. The Labute approximate surface area is 162 Å². The van der Waals surface area contributed by atoms with Gasteiger partial charge in [-0.15, -0.1) is 0 Å². The van der Waals surface area contributed by atoms with Gasteiger partial charge in [-0.25, -0.2) is 8.78 Å². The van der Waals surface area contributed by atoms with Crippen LogP contribution in [0.1, 0.15) is 36.4 Å². The quantitative estimate of drug-likeness (QED) is 0.539. The molecule has 0 saturated heterocycles. The van der Waals surface area contributed by atoms with Gasteiger partial charge in [0.15, 0.2) is 0 Å². The Morgan fingerprint density at radius 3 is 2.52 bits per heavy atom. The predicted octanol–water partition coefficient (Wildman–Crippen LogP) is 5.65. The molecule has 2 N–H and O–H groups in total. The molecular weight excluding hydrogens is 391 g/mol. The van der Waals surface area contributed by atoms with Crippen molar-refractivity contribution in [2.75, 3.05) is 5.32 Å². The van der Waals surface area contributed by atoms with Crippen LogP contribution in [0.4, 0.5) is 27.6 Å². The number of rotatable bonds is 2. The molecule has 152 valence electrons. The number of halogens is 5. The van der Waals surface area contributed by atoms with E-state index in [2.05, 4.69) is 10.3 Å². The molecule has 0 amide bonds. The second kappa shape index (κ2) is 6.86. The largest absolute Gasteiger partial charge is 0.394 e. The third-order valence-corrected chi connectivity index (χ3v) is 5.50. The number of hydrogen-bond acceptors (Lipinski definition) is 2. The Morgan fingerprint density at radius 1 is 1.03 bits per heavy atom. The highest BCUT2D eigenvalue weighted by Crippen LogP contribution is 2.49. The molecule has 0 saturated carbocycles. The molecule has 2 unspecified atom stereocenters. The Hall–Kier alpha value is -2.90. The van der Waals surface area contributed by atoms with Crippen LogP contribution in [0.2, 0.25) is 0 Å². The fourth-order valence-corrected chi connectivity index (χ4v) is 4.14. The van der Waals surface area contributed by atoms with Crippen LogP contribution < -0.4 is 10.9 Å². The van der Waals surface area contributed by atoms with Gasteiger partial charge >= 0.3 is 6.18 Å². The van der Waals surface area contributed by atoms with E-state index in [1.807, 2.05) is 0 Å². The lowest BCUT2D eigenvalue weighted by Gasteiger charge is -2.39. The number of benzene rings is 2. The van der Waals surface area contributed by atoms with Crippen molar-refractivity contribution in [3.8, 4) is 0 Å². The van der Waals surface area contributed by atoms with Crippen LogP contribution in [-0.4, -0.2) is 11.2 Å². The smallest absolute Gasteiger partial charge is 0.377 e. The van der Waals surface area contributed by atoms with E-state index in [0.29, 0.717) is 5.56 Å². The van der Waals surface area contributed by atoms with Crippen molar-refractivity contribution in [1.29, 1.82) is 0 Å². The van der Waals surface area contributed by atoms with E-state index in [-0.39, 0.29) is 28.6 Å². The Bertz CT molecular complexity index is 1140. The average Bonchev–Trinajstić information content (AvgIpc) is 2.65. The number of anilines is 1. The van der Waals surface area contributed by atoms with Gasteiger partial charge in [0.25, 0.3) is 0 Å². The van der Waals surface area contributed by atoms with Crippen LogP contribution >= 0.6 is 0 Å². The first-order valence-electron chi connectivity index (χ1n) is 9.09. The molecule has 4 rings (SSSR count). The van der Waals surface area contributed by atoms with E-state index in [1.165, 1.54) is 30.3 Å². The second-order valence-corrected chi connectivity index (χ2v) is 7.39. The van der Waals surface area contributed by atoms with E-state index in [4.69, 9.17) is 0 Å². The van der Waals surface area contributed by atoms with Crippen LogP contribution in [0.15, 0.2) is 47.3 Å². The minimum absolute atomic E-state index is 0.102. The summed E-state index contributed by atoms with van der Waals surface area (Å²) in [5, 5.41) is 3.09. The third-order valence-electron chi connectivity index (χ3n) is 5.50. The first-order chi connectivity index (χ1) is 13.6. The van der Waals surface area contributed by atoms with Gasteiger partial charge in [0, 0.05) is 17.1 Å². The number of fused-ring (bicyclic) bond motifs is 2. The fourth-order valence-electron chi connectivity index (χ4n) is 4.14. The monoisotopic (exact) mass is 408 g/mol. The summed E-state index contributed by atoms with van der Waals surface area (Å²) >= 11 is 0. The molecule has 1 aliphatic rings. The van der Waals surface area contributed by atoms with Crippen molar-refractivity contribution in [2.24, 2.45) is 5.92 Å². The lowest BCUT2D eigenvalue weighted by molar-refractivity contribution is -0.183. The molecule has 2 aromatic carbocycles. The Kier molecular flexibility index (Phi) is 4.59. The molecule has 3 atom stereocenters. The zero-order valence-corrected chi connectivity index (χ0v) is 15.3. The summed E-state index contributed by atoms with van der Waals surface area (Å²) in [6, 6.07) is 7.52. The zero-order chi connectivity index (χ0) is 20.9. The predicted molar refractivity (Wildman–Crippen MR) is 99.9 cm³/mol. The van der Waals surface area contributed by atoms with Crippen LogP contribution in [0.5, 0.6) is 0 Å². The minimum atomic E-state index is -4.51. The molecule has 0 spiro atoms. The average molecular weight is 408 g/mol. The van der Waals surface area contributed by atoms with Crippen molar-refractivity contribution in [3.63, 3.8) is 0 Å². The van der Waals surface area contributed by atoms with E-state index in [0.717, 1.165) is 12.1 Å².